The van der Waals surface area contributed by atoms with Crippen LogP contribution in [0, 0.1) is 5.92 Å². The minimum Gasteiger partial charge on any atom is -0.379 e. The van der Waals surface area contributed by atoms with Gasteiger partial charge in [-0.2, -0.15) is 0 Å². The Hall–Kier alpha value is -1.39. The molecule has 1 fully saturated rings. The summed E-state index contributed by atoms with van der Waals surface area (Å²) in [5.74, 6) is 1.26. The van der Waals surface area contributed by atoms with Crippen LogP contribution in [0.4, 0.5) is 0 Å². The van der Waals surface area contributed by atoms with Gasteiger partial charge in [-0.3, -0.25) is 9.69 Å². The van der Waals surface area contributed by atoms with Gasteiger partial charge in [-0.15, -0.1) is 24.0 Å². The molecule has 1 amide bonds. The van der Waals surface area contributed by atoms with Crippen LogP contribution < -0.4 is 16.0 Å². The predicted molar refractivity (Wildman–Crippen MR) is 129 cm³/mol. The number of amides is 1. The van der Waals surface area contributed by atoms with E-state index >= 15 is 0 Å². The fraction of sp³-hybridized carbons (Fsp3) is 0.619. The Morgan fingerprint density at radius 1 is 1.24 bits per heavy atom. The van der Waals surface area contributed by atoms with Crippen LogP contribution in [0.15, 0.2) is 29.3 Å². The van der Waals surface area contributed by atoms with Gasteiger partial charge in [0.1, 0.15) is 0 Å². The molecule has 1 aromatic carbocycles. The Labute approximate surface area is 192 Å². The van der Waals surface area contributed by atoms with E-state index in [0.29, 0.717) is 24.1 Å². The third-order valence-corrected chi connectivity index (χ3v) is 4.94. The van der Waals surface area contributed by atoms with Crippen molar-refractivity contribution >= 4 is 35.8 Å². The van der Waals surface area contributed by atoms with E-state index in [1.165, 1.54) is 0 Å². The summed E-state index contributed by atoms with van der Waals surface area (Å²) in [6, 6.07) is 8.01. The minimum absolute atomic E-state index is 0. The highest BCUT2D eigenvalue weighted by Crippen LogP contribution is 2.12. The van der Waals surface area contributed by atoms with Crippen molar-refractivity contribution in [3.8, 4) is 0 Å². The molecule has 1 aliphatic rings. The Balaban J connectivity index is 0.00000420. The summed E-state index contributed by atoms with van der Waals surface area (Å²) < 4.78 is 5.49. The Morgan fingerprint density at radius 2 is 1.97 bits per heavy atom. The molecule has 1 aliphatic heterocycles. The predicted octanol–water partition coefficient (Wildman–Crippen LogP) is 2.08. The summed E-state index contributed by atoms with van der Waals surface area (Å²) in [5.41, 5.74) is 1.66. The molecule has 164 valence electrons. The smallest absolute Gasteiger partial charge is 0.251 e. The molecule has 1 atom stereocenters. The molecular formula is C21H36IN5O2. The molecule has 8 heteroatoms. The lowest BCUT2D eigenvalue weighted by atomic mass is 10.0. The molecule has 0 aromatic heterocycles. The molecule has 1 heterocycles. The molecule has 0 radical (unpaired) electrons. The number of halogens is 1. The molecule has 7 nitrogen and oxygen atoms in total. The lowest BCUT2D eigenvalue weighted by Gasteiger charge is -2.37. The summed E-state index contributed by atoms with van der Waals surface area (Å²) in [7, 11) is 1.64. The van der Waals surface area contributed by atoms with Crippen LogP contribution in [0.2, 0.25) is 0 Å². The Kier molecular flexibility index (Phi) is 12.2. The molecular weight excluding hydrogens is 481 g/mol. The molecule has 0 spiro atoms. The third kappa shape index (κ3) is 8.47. The van der Waals surface area contributed by atoms with Gasteiger partial charge in [-0.05, 0) is 30.5 Å². The van der Waals surface area contributed by atoms with Gasteiger partial charge in [0.2, 0.25) is 0 Å². The van der Waals surface area contributed by atoms with Gasteiger partial charge in [0.15, 0.2) is 5.96 Å². The van der Waals surface area contributed by atoms with E-state index in [1.54, 1.807) is 7.05 Å². The van der Waals surface area contributed by atoms with Crippen molar-refractivity contribution in [1.82, 2.24) is 20.9 Å². The van der Waals surface area contributed by atoms with Crippen molar-refractivity contribution in [3.63, 3.8) is 0 Å². The van der Waals surface area contributed by atoms with E-state index < -0.39 is 0 Å². The molecule has 1 saturated heterocycles. The Morgan fingerprint density at radius 3 is 2.59 bits per heavy atom. The lowest BCUT2D eigenvalue weighted by Crippen LogP contribution is -2.52. The summed E-state index contributed by atoms with van der Waals surface area (Å²) >= 11 is 0. The Bertz CT molecular complexity index is 648. The van der Waals surface area contributed by atoms with Crippen LogP contribution in [-0.4, -0.2) is 69.2 Å². The van der Waals surface area contributed by atoms with Gasteiger partial charge >= 0.3 is 0 Å². The average Bonchev–Trinajstić information content (AvgIpc) is 2.72. The van der Waals surface area contributed by atoms with E-state index in [2.05, 4.69) is 41.6 Å². The van der Waals surface area contributed by atoms with Crippen LogP contribution in [0.5, 0.6) is 0 Å². The van der Waals surface area contributed by atoms with E-state index in [-0.39, 0.29) is 29.9 Å². The first kappa shape index (κ1) is 25.6. The van der Waals surface area contributed by atoms with Crippen molar-refractivity contribution < 1.29 is 9.53 Å². The third-order valence-electron chi connectivity index (χ3n) is 4.94. The number of carbonyl (C=O) groups is 1. The maximum absolute atomic E-state index is 11.8. The van der Waals surface area contributed by atoms with Crippen molar-refractivity contribution in [3.05, 3.63) is 35.4 Å². The van der Waals surface area contributed by atoms with E-state index in [0.717, 1.165) is 50.9 Å². The molecule has 1 aromatic rings. The zero-order chi connectivity index (χ0) is 20.4. The second kappa shape index (κ2) is 13.8. The lowest BCUT2D eigenvalue weighted by molar-refractivity contribution is 0.00752. The normalized spacial score (nSPS) is 16.1. The highest BCUT2D eigenvalue weighted by atomic mass is 127. The molecule has 2 rings (SSSR count). The van der Waals surface area contributed by atoms with Crippen molar-refractivity contribution in [1.29, 1.82) is 0 Å². The van der Waals surface area contributed by atoms with Gasteiger partial charge in [-0.25, -0.2) is 4.99 Å². The molecule has 0 bridgehead atoms. The summed E-state index contributed by atoms with van der Waals surface area (Å²) in [4.78, 5) is 19.0. The average molecular weight is 517 g/mol. The maximum Gasteiger partial charge on any atom is 0.251 e. The fourth-order valence-electron chi connectivity index (χ4n) is 3.36. The van der Waals surface area contributed by atoms with Crippen LogP contribution >= 0.6 is 24.0 Å². The molecule has 0 saturated carbocycles. The number of nitrogens with one attached hydrogen (secondary N) is 3. The second-order valence-electron chi connectivity index (χ2n) is 7.32. The number of aliphatic imine (C=N–C) groups is 1. The number of ether oxygens (including phenoxy) is 1. The maximum atomic E-state index is 11.8. The highest BCUT2D eigenvalue weighted by molar-refractivity contribution is 14.0. The van der Waals surface area contributed by atoms with Gasteiger partial charge in [-0.1, -0.05) is 26.0 Å². The highest BCUT2D eigenvalue weighted by Gasteiger charge is 2.23. The first-order valence-electron chi connectivity index (χ1n) is 10.2. The van der Waals surface area contributed by atoms with E-state index in [4.69, 9.17) is 9.73 Å². The number of nitrogens with zero attached hydrogens (tertiary/aromatic N) is 2. The first-order chi connectivity index (χ1) is 13.5. The van der Waals surface area contributed by atoms with Crippen LogP contribution in [0.25, 0.3) is 0 Å². The number of rotatable bonds is 8. The number of carbonyl (C=O) groups excluding carboxylic acids is 1. The van der Waals surface area contributed by atoms with Gasteiger partial charge in [0, 0.05) is 44.8 Å². The van der Waals surface area contributed by atoms with Crippen LogP contribution in [-0.2, 0) is 11.3 Å². The van der Waals surface area contributed by atoms with Gasteiger partial charge in [0.05, 0.1) is 19.8 Å². The molecule has 1 unspecified atom stereocenters. The SMILES string of the molecule is CCNC(=NCc1cccc(C(=O)NC)c1)NCC(C(C)C)N1CCOCC1.I. The summed E-state index contributed by atoms with van der Waals surface area (Å²) in [5, 5.41) is 9.47. The standard InChI is InChI=1S/C21H35N5O2.HI/c1-5-23-21(24-14-17-7-6-8-18(13-17)20(27)22-4)25-15-19(16(2)3)26-9-11-28-12-10-26;/h6-8,13,16,19H,5,9-12,14-15H2,1-4H3,(H,22,27)(H2,23,24,25);1H. The monoisotopic (exact) mass is 517 g/mol. The van der Waals surface area contributed by atoms with Crippen LogP contribution in [0.1, 0.15) is 36.7 Å². The number of guanidine groups is 1. The number of hydrogen-bond acceptors (Lipinski definition) is 4. The summed E-state index contributed by atoms with van der Waals surface area (Å²) in [6.45, 7) is 12.3. The number of hydrogen-bond donors (Lipinski definition) is 3. The number of morpholine rings is 1. The van der Waals surface area contributed by atoms with Crippen LogP contribution in [0.3, 0.4) is 0 Å². The van der Waals surface area contributed by atoms with Gasteiger partial charge < -0.3 is 20.7 Å². The quantitative estimate of drug-likeness (QED) is 0.280. The molecule has 3 N–H and O–H groups in total. The van der Waals surface area contributed by atoms with Crippen molar-refractivity contribution in [2.75, 3.05) is 46.4 Å². The molecule has 29 heavy (non-hydrogen) atoms. The first-order valence-corrected chi connectivity index (χ1v) is 10.2. The molecule has 0 aliphatic carbocycles. The van der Waals surface area contributed by atoms with Gasteiger partial charge in [0.25, 0.3) is 5.91 Å². The number of benzene rings is 1. The minimum atomic E-state index is -0.0823. The van der Waals surface area contributed by atoms with E-state index in [9.17, 15) is 4.79 Å². The van der Waals surface area contributed by atoms with Crippen molar-refractivity contribution in [2.45, 2.75) is 33.4 Å². The second-order valence-corrected chi connectivity index (χ2v) is 7.32. The summed E-state index contributed by atoms with van der Waals surface area (Å²) in [6.07, 6.45) is 0. The largest absolute Gasteiger partial charge is 0.379 e. The fourth-order valence-corrected chi connectivity index (χ4v) is 3.36. The topological polar surface area (TPSA) is 78.0 Å². The zero-order valence-electron chi connectivity index (χ0n) is 18.0. The van der Waals surface area contributed by atoms with Crippen molar-refractivity contribution in [2.24, 2.45) is 10.9 Å². The zero-order valence-corrected chi connectivity index (χ0v) is 20.4. The van der Waals surface area contributed by atoms with E-state index in [1.807, 2.05) is 24.3 Å².